The van der Waals surface area contributed by atoms with Crippen LogP contribution in [0.1, 0.15) is 53.0 Å². The largest absolute Gasteiger partial charge is 0.329 e. The van der Waals surface area contributed by atoms with E-state index in [0.717, 1.165) is 30.6 Å². The summed E-state index contributed by atoms with van der Waals surface area (Å²) in [4.78, 5) is 11.6. The lowest BCUT2D eigenvalue weighted by molar-refractivity contribution is 0.513. The Morgan fingerprint density at radius 2 is 1.84 bits per heavy atom. The van der Waals surface area contributed by atoms with Gasteiger partial charge < -0.3 is 4.89 Å². The van der Waals surface area contributed by atoms with E-state index in [1.54, 1.807) is 0 Å². The summed E-state index contributed by atoms with van der Waals surface area (Å²) in [6.07, 6.45) is 6.76. The molecular weight excluding hydrogens is 367 g/mol. The SMILES string of the molecule is O=P1(O)Sc2ccc3c(c2C2c4ccccc4CCC2S1)CCCC3. The van der Waals surface area contributed by atoms with E-state index in [9.17, 15) is 9.46 Å². The standard InChI is InChI=1S/C20H21O2PS2/c21-23(22)24-17-11-9-13-5-1-3-7-15(13)19(17)20-16-8-4-2-6-14(16)10-12-18(20)25-23/h1,3,5,7,10,12,17,19H,2,4,6,8-9,11H2,(H,21,22). The molecule has 2 aliphatic carbocycles. The zero-order valence-electron chi connectivity index (χ0n) is 14.0. The molecule has 1 aliphatic heterocycles. The highest BCUT2D eigenvalue weighted by atomic mass is 33.1. The minimum atomic E-state index is -3.27. The van der Waals surface area contributed by atoms with Gasteiger partial charge in [-0.15, -0.1) is 0 Å². The summed E-state index contributed by atoms with van der Waals surface area (Å²) in [5, 5.41) is 0.202. The van der Waals surface area contributed by atoms with Crippen molar-refractivity contribution in [2.24, 2.45) is 0 Å². The van der Waals surface area contributed by atoms with Gasteiger partial charge in [0.2, 0.25) is 0 Å². The van der Waals surface area contributed by atoms with Crippen molar-refractivity contribution < 1.29 is 9.46 Å². The van der Waals surface area contributed by atoms with E-state index in [-0.39, 0.29) is 11.2 Å². The number of hydrogen-bond acceptors (Lipinski definition) is 3. The van der Waals surface area contributed by atoms with Crippen LogP contribution in [0.4, 0.5) is 0 Å². The van der Waals surface area contributed by atoms with Crippen molar-refractivity contribution in [2.45, 2.75) is 54.6 Å². The molecule has 0 bridgehead atoms. The number of aryl methyl sites for hydroxylation is 2. The maximum Gasteiger partial charge on any atom is 0.315 e. The smallest absolute Gasteiger partial charge is 0.315 e. The Balaban J connectivity index is 1.79. The first kappa shape index (κ1) is 16.5. The van der Waals surface area contributed by atoms with Gasteiger partial charge >= 0.3 is 5.77 Å². The number of benzene rings is 2. The number of rotatable bonds is 0. The molecule has 0 amide bonds. The number of fused-ring (bicyclic) bond motifs is 7. The van der Waals surface area contributed by atoms with Crippen LogP contribution in [0.5, 0.6) is 0 Å². The summed E-state index contributed by atoms with van der Waals surface area (Å²) in [6, 6.07) is 13.1. The van der Waals surface area contributed by atoms with E-state index < -0.39 is 5.77 Å². The molecular formula is C20H21O2PS2. The predicted octanol–water partition coefficient (Wildman–Crippen LogP) is 5.95. The van der Waals surface area contributed by atoms with Gasteiger partial charge in [0, 0.05) is 16.1 Å². The molecule has 2 nitrogen and oxygen atoms in total. The molecule has 0 saturated heterocycles. The van der Waals surface area contributed by atoms with Gasteiger partial charge in [-0.2, -0.15) is 0 Å². The van der Waals surface area contributed by atoms with E-state index in [1.807, 2.05) is 0 Å². The highest BCUT2D eigenvalue weighted by Crippen LogP contribution is 2.74. The van der Waals surface area contributed by atoms with E-state index >= 15 is 0 Å². The summed E-state index contributed by atoms with van der Waals surface area (Å²) in [5.74, 6) is -3.01. The minimum absolute atomic E-state index is 0.202. The molecule has 0 saturated carbocycles. The predicted molar refractivity (Wildman–Crippen MR) is 107 cm³/mol. The second-order valence-electron chi connectivity index (χ2n) is 7.24. The third-order valence-electron chi connectivity index (χ3n) is 5.79. The van der Waals surface area contributed by atoms with Crippen molar-refractivity contribution in [1.29, 1.82) is 0 Å². The highest BCUT2D eigenvalue weighted by molar-refractivity contribution is 8.89. The Labute approximate surface area is 156 Å². The van der Waals surface area contributed by atoms with Crippen molar-refractivity contribution in [3.63, 3.8) is 0 Å². The second kappa shape index (κ2) is 6.20. The van der Waals surface area contributed by atoms with Gasteiger partial charge in [-0.1, -0.05) is 41.7 Å². The van der Waals surface area contributed by atoms with Gasteiger partial charge in [0.1, 0.15) is 0 Å². The number of hydrogen-bond donors (Lipinski definition) is 1. The lowest BCUT2D eigenvalue weighted by Gasteiger charge is -2.35. The molecule has 1 N–H and O–H groups in total. The van der Waals surface area contributed by atoms with Gasteiger partial charge in [0.25, 0.3) is 0 Å². The topological polar surface area (TPSA) is 37.3 Å². The molecule has 2 aromatic rings. The fourth-order valence-electron chi connectivity index (χ4n) is 4.76. The van der Waals surface area contributed by atoms with Crippen LogP contribution < -0.4 is 0 Å². The van der Waals surface area contributed by atoms with Crippen molar-refractivity contribution in [3.05, 3.63) is 64.2 Å². The molecule has 5 heteroatoms. The van der Waals surface area contributed by atoms with Crippen LogP contribution in [0.3, 0.4) is 0 Å². The summed E-state index contributed by atoms with van der Waals surface area (Å²) in [7, 11) is 0. The van der Waals surface area contributed by atoms with Crippen LogP contribution in [-0.4, -0.2) is 10.1 Å². The minimum Gasteiger partial charge on any atom is -0.329 e. The Bertz CT molecular complexity index is 895. The summed E-state index contributed by atoms with van der Waals surface area (Å²) < 4.78 is 12.8. The molecule has 3 unspecified atom stereocenters. The first-order valence-electron chi connectivity index (χ1n) is 9.06. The molecule has 5 rings (SSSR count). The quantitative estimate of drug-likeness (QED) is 0.566. The van der Waals surface area contributed by atoms with Gasteiger partial charge in [0.15, 0.2) is 0 Å². The van der Waals surface area contributed by atoms with Crippen molar-refractivity contribution in [1.82, 2.24) is 0 Å². The average Bonchev–Trinajstić information content (AvgIpc) is 2.73. The maximum absolute atomic E-state index is 12.8. The molecule has 0 aromatic heterocycles. The lowest BCUT2D eigenvalue weighted by Crippen LogP contribution is -2.25. The molecule has 130 valence electrons. The van der Waals surface area contributed by atoms with Crippen LogP contribution in [0, 0.1) is 0 Å². The molecule has 3 aliphatic rings. The van der Waals surface area contributed by atoms with Gasteiger partial charge in [0.05, 0.1) is 0 Å². The summed E-state index contributed by atoms with van der Waals surface area (Å²) in [5.41, 5.74) is 7.12. The molecule has 0 fully saturated rings. The fraction of sp³-hybridized carbons (Fsp3) is 0.400. The van der Waals surface area contributed by atoms with Crippen LogP contribution in [0.25, 0.3) is 0 Å². The Hall–Kier alpha value is -0.670. The highest BCUT2D eigenvalue weighted by Gasteiger charge is 2.42. The van der Waals surface area contributed by atoms with Crippen molar-refractivity contribution in [3.8, 4) is 0 Å². The third-order valence-corrected chi connectivity index (χ3v) is 12.0. The molecule has 2 aromatic carbocycles. The lowest BCUT2D eigenvalue weighted by atomic mass is 9.74. The summed E-state index contributed by atoms with van der Waals surface area (Å²) >= 11 is 2.56. The first-order chi connectivity index (χ1) is 12.1. The zero-order chi connectivity index (χ0) is 17.0. The van der Waals surface area contributed by atoms with E-state index in [1.165, 1.54) is 63.4 Å². The van der Waals surface area contributed by atoms with Crippen molar-refractivity contribution in [2.75, 3.05) is 0 Å². The van der Waals surface area contributed by atoms with Gasteiger partial charge in [-0.05, 0) is 83.8 Å². The molecule has 0 radical (unpaired) electrons. The first-order valence-corrected chi connectivity index (χ1v) is 13.6. The molecule has 0 spiro atoms. The Kier molecular flexibility index (Phi) is 4.09. The van der Waals surface area contributed by atoms with Crippen LogP contribution in [0.15, 0.2) is 41.3 Å². The van der Waals surface area contributed by atoms with E-state index in [4.69, 9.17) is 0 Å². The second-order valence-corrected chi connectivity index (χ2v) is 14.5. The van der Waals surface area contributed by atoms with Crippen LogP contribution in [0.2, 0.25) is 0 Å². The maximum atomic E-state index is 12.8. The monoisotopic (exact) mass is 388 g/mol. The van der Waals surface area contributed by atoms with Gasteiger partial charge in [-0.3, -0.25) is 4.57 Å². The molecule has 3 atom stereocenters. The third kappa shape index (κ3) is 2.82. The normalized spacial score (nSPS) is 30.4. The fourth-order valence-corrected chi connectivity index (χ4v) is 11.7. The molecule has 1 heterocycles. The van der Waals surface area contributed by atoms with Crippen LogP contribution >= 0.6 is 28.5 Å². The summed E-state index contributed by atoms with van der Waals surface area (Å²) in [6.45, 7) is 0. The Morgan fingerprint density at radius 1 is 1.00 bits per heavy atom. The average molecular weight is 388 g/mol. The van der Waals surface area contributed by atoms with E-state index in [0.29, 0.717) is 0 Å². The van der Waals surface area contributed by atoms with Gasteiger partial charge in [-0.25, -0.2) is 0 Å². The van der Waals surface area contributed by atoms with Crippen molar-refractivity contribution >= 4 is 28.5 Å². The zero-order valence-corrected chi connectivity index (χ0v) is 16.5. The van der Waals surface area contributed by atoms with Crippen LogP contribution in [-0.2, 0) is 23.8 Å². The molecule has 25 heavy (non-hydrogen) atoms. The Morgan fingerprint density at radius 3 is 2.76 bits per heavy atom. The van der Waals surface area contributed by atoms with E-state index in [2.05, 4.69) is 36.4 Å².